The van der Waals surface area contributed by atoms with Gasteiger partial charge in [-0.25, -0.2) is 4.79 Å². The summed E-state index contributed by atoms with van der Waals surface area (Å²) in [5.41, 5.74) is 1.40. The third-order valence-electron chi connectivity index (χ3n) is 6.43. The van der Waals surface area contributed by atoms with Gasteiger partial charge in [-0.1, -0.05) is 37.6 Å². The van der Waals surface area contributed by atoms with Crippen LogP contribution in [-0.4, -0.2) is 46.3 Å². The number of urea groups is 1. The Bertz CT molecular complexity index is 753. The first kappa shape index (κ1) is 20.4. The maximum absolute atomic E-state index is 13.0. The summed E-state index contributed by atoms with van der Waals surface area (Å²) in [6.45, 7) is 6.91. The van der Waals surface area contributed by atoms with Gasteiger partial charge in [-0.3, -0.25) is 14.5 Å². The van der Waals surface area contributed by atoms with E-state index in [4.69, 9.17) is 0 Å². The Hall–Kier alpha value is -2.37. The molecule has 0 atom stereocenters. The number of aryl methyl sites for hydroxylation is 1. The number of nitrogens with one attached hydrogen (secondary N) is 1. The Morgan fingerprint density at radius 3 is 2.50 bits per heavy atom. The van der Waals surface area contributed by atoms with Crippen molar-refractivity contribution in [3.8, 4) is 0 Å². The molecule has 0 bridgehead atoms. The molecule has 1 N–H and O–H groups in total. The van der Waals surface area contributed by atoms with Crippen LogP contribution in [0.5, 0.6) is 0 Å². The Morgan fingerprint density at radius 1 is 1.21 bits per heavy atom. The maximum Gasteiger partial charge on any atom is 0.325 e. The molecule has 6 heteroatoms. The van der Waals surface area contributed by atoms with Gasteiger partial charge in [0.15, 0.2) is 0 Å². The van der Waals surface area contributed by atoms with E-state index in [1.54, 1.807) is 4.90 Å². The van der Waals surface area contributed by atoms with E-state index in [-0.39, 0.29) is 18.4 Å². The van der Waals surface area contributed by atoms with Crippen molar-refractivity contribution in [2.24, 2.45) is 5.92 Å². The maximum atomic E-state index is 13.0. The van der Waals surface area contributed by atoms with E-state index in [0.717, 1.165) is 35.3 Å². The third kappa shape index (κ3) is 3.91. The molecular formula is C22H31N3O3. The number of rotatable bonds is 6. The van der Waals surface area contributed by atoms with E-state index in [1.807, 2.05) is 38.1 Å². The number of hydrogen-bond donors (Lipinski definition) is 1. The number of hydrogen-bond acceptors (Lipinski definition) is 3. The van der Waals surface area contributed by atoms with E-state index < -0.39 is 11.6 Å². The van der Waals surface area contributed by atoms with Crippen LogP contribution < -0.4 is 5.32 Å². The SMILES string of the molecule is CCC1CCC2(CC1)NC(=O)N(CC(=O)N(CC)Cc1ccccc1C)C2=O. The van der Waals surface area contributed by atoms with Gasteiger partial charge >= 0.3 is 6.03 Å². The van der Waals surface area contributed by atoms with Crippen LogP contribution in [0.2, 0.25) is 0 Å². The van der Waals surface area contributed by atoms with Crippen molar-refractivity contribution >= 4 is 17.8 Å². The van der Waals surface area contributed by atoms with Gasteiger partial charge in [0.25, 0.3) is 5.91 Å². The van der Waals surface area contributed by atoms with Crippen molar-refractivity contribution in [1.82, 2.24) is 15.1 Å². The van der Waals surface area contributed by atoms with Gasteiger partial charge < -0.3 is 10.2 Å². The molecular weight excluding hydrogens is 354 g/mol. The first-order chi connectivity index (χ1) is 13.4. The second-order valence-corrected chi connectivity index (χ2v) is 8.09. The van der Waals surface area contributed by atoms with Crippen LogP contribution in [-0.2, 0) is 16.1 Å². The second-order valence-electron chi connectivity index (χ2n) is 8.09. The number of nitrogens with zero attached hydrogens (tertiary/aromatic N) is 2. The number of amides is 4. The number of carbonyl (C=O) groups is 3. The summed E-state index contributed by atoms with van der Waals surface area (Å²) in [4.78, 5) is 41.2. The molecule has 1 aromatic carbocycles. The fourth-order valence-corrected chi connectivity index (χ4v) is 4.34. The molecule has 1 spiro atoms. The van der Waals surface area contributed by atoms with Crippen LogP contribution in [0.15, 0.2) is 24.3 Å². The van der Waals surface area contributed by atoms with Crippen molar-refractivity contribution in [3.05, 3.63) is 35.4 Å². The van der Waals surface area contributed by atoms with Gasteiger partial charge in [0, 0.05) is 13.1 Å². The molecule has 28 heavy (non-hydrogen) atoms. The molecule has 1 saturated heterocycles. The lowest BCUT2D eigenvalue weighted by Gasteiger charge is -2.34. The standard InChI is InChI=1S/C22H31N3O3/c1-4-17-10-12-22(13-11-17)20(27)25(21(28)23-22)15-19(26)24(5-2)14-18-9-7-6-8-16(18)3/h6-9,17H,4-5,10-15H2,1-3H3,(H,23,28). The first-order valence-electron chi connectivity index (χ1n) is 10.4. The minimum atomic E-state index is -0.796. The smallest absolute Gasteiger partial charge is 0.325 e. The molecule has 4 amide bonds. The Balaban J connectivity index is 1.66. The van der Waals surface area contributed by atoms with E-state index in [1.165, 1.54) is 0 Å². The molecule has 1 aromatic rings. The normalized spacial score (nSPS) is 24.5. The molecule has 1 aliphatic carbocycles. The summed E-state index contributed by atoms with van der Waals surface area (Å²) in [6.07, 6.45) is 4.32. The minimum absolute atomic E-state index is 0.191. The van der Waals surface area contributed by atoms with Crippen LogP contribution in [0, 0.1) is 12.8 Å². The largest absolute Gasteiger partial charge is 0.337 e. The minimum Gasteiger partial charge on any atom is -0.337 e. The van der Waals surface area contributed by atoms with Crippen LogP contribution in [0.25, 0.3) is 0 Å². The lowest BCUT2D eigenvalue weighted by Crippen LogP contribution is -2.50. The number of carbonyl (C=O) groups excluding carboxylic acids is 3. The van der Waals surface area contributed by atoms with Gasteiger partial charge in [0.1, 0.15) is 12.1 Å². The third-order valence-corrected chi connectivity index (χ3v) is 6.43. The van der Waals surface area contributed by atoms with Crippen LogP contribution >= 0.6 is 0 Å². The number of imide groups is 1. The van der Waals surface area contributed by atoms with Gasteiger partial charge in [0.05, 0.1) is 0 Å². The molecule has 3 rings (SSSR count). The van der Waals surface area contributed by atoms with Gasteiger partial charge in [-0.15, -0.1) is 0 Å². The fourth-order valence-electron chi connectivity index (χ4n) is 4.34. The summed E-state index contributed by atoms with van der Waals surface area (Å²) >= 11 is 0. The highest BCUT2D eigenvalue weighted by atomic mass is 16.2. The fraction of sp³-hybridized carbons (Fsp3) is 0.591. The zero-order chi connectivity index (χ0) is 20.3. The molecule has 1 aliphatic heterocycles. The number of benzene rings is 1. The Labute approximate surface area is 167 Å². The average molecular weight is 386 g/mol. The van der Waals surface area contributed by atoms with E-state index in [2.05, 4.69) is 12.2 Å². The highest BCUT2D eigenvalue weighted by Crippen LogP contribution is 2.37. The van der Waals surface area contributed by atoms with Gasteiger partial charge in [-0.2, -0.15) is 0 Å². The lowest BCUT2D eigenvalue weighted by molar-refractivity contribution is -0.140. The summed E-state index contributed by atoms with van der Waals surface area (Å²) in [7, 11) is 0. The van der Waals surface area contributed by atoms with Crippen molar-refractivity contribution in [2.75, 3.05) is 13.1 Å². The van der Waals surface area contributed by atoms with Crippen LogP contribution in [0.1, 0.15) is 57.1 Å². The predicted molar refractivity (Wildman–Crippen MR) is 107 cm³/mol. The lowest BCUT2D eigenvalue weighted by atomic mass is 9.75. The van der Waals surface area contributed by atoms with E-state index >= 15 is 0 Å². The monoisotopic (exact) mass is 385 g/mol. The zero-order valence-corrected chi connectivity index (χ0v) is 17.2. The molecule has 1 saturated carbocycles. The van der Waals surface area contributed by atoms with E-state index in [9.17, 15) is 14.4 Å². The molecule has 6 nitrogen and oxygen atoms in total. The molecule has 2 fully saturated rings. The van der Waals surface area contributed by atoms with Crippen LogP contribution in [0.4, 0.5) is 4.79 Å². The van der Waals surface area contributed by atoms with Gasteiger partial charge in [0.2, 0.25) is 5.91 Å². The first-order valence-corrected chi connectivity index (χ1v) is 10.4. The van der Waals surface area contributed by atoms with Crippen molar-refractivity contribution in [2.45, 2.75) is 65.0 Å². The van der Waals surface area contributed by atoms with Crippen LogP contribution in [0.3, 0.4) is 0 Å². The molecule has 1 heterocycles. The highest BCUT2D eigenvalue weighted by Gasteiger charge is 2.52. The summed E-state index contributed by atoms with van der Waals surface area (Å²) in [5.74, 6) is 0.191. The highest BCUT2D eigenvalue weighted by molar-refractivity contribution is 6.09. The van der Waals surface area contributed by atoms with Crippen molar-refractivity contribution in [3.63, 3.8) is 0 Å². The summed E-state index contributed by atoms with van der Waals surface area (Å²) < 4.78 is 0. The molecule has 0 unspecified atom stereocenters. The second kappa shape index (κ2) is 8.33. The summed E-state index contributed by atoms with van der Waals surface area (Å²) in [6, 6.07) is 7.51. The molecule has 0 radical (unpaired) electrons. The topological polar surface area (TPSA) is 69.7 Å². The average Bonchev–Trinajstić information content (AvgIpc) is 2.92. The van der Waals surface area contributed by atoms with E-state index in [0.29, 0.717) is 31.8 Å². The molecule has 2 aliphatic rings. The van der Waals surface area contributed by atoms with Crippen molar-refractivity contribution < 1.29 is 14.4 Å². The Morgan fingerprint density at radius 2 is 1.89 bits per heavy atom. The van der Waals surface area contributed by atoms with Gasteiger partial charge in [-0.05, 0) is 56.6 Å². The summed E-state index contributed by atoms with van der Waals surface area (Å²) in [5, 5.41) is 2.90. The Kier molecular flexibility index (Phi) is 6.06. The number of likely N-dealkylation sites (N-methyl/N-ethyl adjacent to an activating group) is 1. The molecule has 0 aromatic heterocycles. The molecule has 152 valence electrons. The van der Waals surface area contributed by atoms with Crippen molar-refractivity contribution in [1.29, 1.82) is 0 Å². The predicted octanol–water partition coefficient (Wildman–Crippen LogP) is 3.23. The zero-order valence-electron chi connectivity index (χ0n) is 17.2. The quantitative estimate of drug-likeness (QED) is 0.765.